The van der Waals surface area contributed by atoms with Crippen molar-refractivity contribution in [3.05, 3.63) is 88.1 Å². The highest BCUT2D eigenvalue weighted by molar-refractivity contribution is 8.76. The minimum Gasteiger partial charge on any atom is -0.493 e. The summed E-state index contributed by atoms with van der Waals surface area (Å²) >= 11 is 0. The number of unbranched alkanes of at least 4 members (excludes halogenated alkanes) is 2. The van der Waals surface area contributed by atoms with Gasteiger partial charge in [-0.05, 0) is 88.3 Å². The highest BCUT2D eigenvalue weighted by Crippen LogP contribution is 2.39. The first kappa shape index (κ1) is 54.7. The molecular weight excluding hydrogens is 949 g/mol. The van der Waals surface area contributed by atoms with Gasteiger partial charge in [0.2, 0.25) is 0 Å². The number of pyridine rings is 1. The maximum Gasteiger partial charge on any atom is 0.412 e. The van der Waals surface area contributed by atoms with Gasteiger partial charge in [-0.25, -0.2) is 14.6 Å². The van der Waals surface area contributed by atoms with Gasteiger partial charge in [0.05, 0.1) is 86.8 Å². The third-order valence-corrected chi connectivity index (χ3v) is 13.8. The van der Waals surface area contributed by atoms with Crippen LogP contribution in [-0.2, 0) is 9.47 Å². The number of benzene rings is 2. The van der Waals surface area contributed by atoms with Crippen LogP contribution in [0.15, 0.2) is 71.9 Å². The van der Waals surface area contributed by atoms with E-state index in [1.54, 1.807) is 26.8 Å². The molecule has 3 aromatic rings. The van der Waals surface area contributed by atoms with Gasteiger partial charge in [0.25, 0.3) is 17.5 Å². The van der Waals surface area contributed by atoms with Crippen LogP contribution in [-0.4, -0.2) is 137 Å². The highest BCUT2D eigenvalue weighted by atomic mass is 33.1. The van der Waals surface area contributed by atoms with E-state index in [1.807, 2.05) is 6.92 Å². The molecule has 2 saturated heterocycles. The van der Waals surface area contributed by atoms with Gasteiger partial charge >= 0.3 is 12.2 Å². The monoisotopic (exact) mass is 1010 g/mol. The number of aliphatic hydroxyl groups is 2. The Labute approximate surface area is 415 Å². The molecule has 0 radical (unpaired) electrons. The number of likely N-dealkylation sites (tertiary alicyclic amines) is 2. The van der Waals surface area contributed by atoms with Crippen LogP contribution < -0.4 is 29.6 Å². The van der Waals surface area contributed by atoms with Gasteiger partial charge < -0.3 is 48.4 Å². The number of nitrogens with zero attached hydrogens (tertiary/aromatic N) is 4. The molecular formula is C48H62N6O14S2. The Morgan fingerprint density at radius 3 is 1.77 bits per heavy atom. The minimum atomic E-state index is -0.811. The summed E-state index contributed by atoms with van der Waals surface area (Å²) in [6.07, 6.45) is 2.73. The van der Waals surface area contributed by atoms with E-state index in [-0.39, 0.29) is 103 Å². The summed E-state index contributed by atoms with van der Waals surface area (Å²) in [5, 5.41) is 36.9. The Kier molecular flexibility index (Phi) is 20.0. The molecule has 2 aliphatic rings. The van der Waals surface area contributed by atoms with E-state index in [2.05, 4.69) is 28.8 Å². The van der Waals surface area contributed by atoms with Crippen molar-refractivity contribution in [3.63, 3.8) is 0 Å². The quantitative estimate of drug-likeness (QED) is 0.0229. The Morgan fingerprint density at radius 2 is 1.33 bits per heavy atom. The number of carbonyl (C=O) groups is 4. The summed E-state index contributed by atoms with van der Waals surface area (Å²) in [5.41, 5.74) is 1.12. The van der Waals surface area contributed by atoms with Crippen molar-refractivity contribution in [2.24, 2.45) is 0 Å². The molecule has 380 valence electrons. The summed E-state index contributed by atoms with van der Waals surface area (Å²) in [4.78, 5) is 71.5. The number of hydrogen-bond donors (Lipinski definition) is 4. The predicted octanol–water partition coefficient (Wildman–Crippen LogP) is 8.28. The van der Waals surface area contributed by atoms with Crippen LogP contribution in [0.3, 0.4) is 0 Å². The van der Waals surface area contributed by atoms with Crippen molar-refractivity contribution in [2.75, 3.05) is 71.0 Å². The lowest BCUT2D eigenvalue weighted by molar-refractivity contribution is -0.385. The minimum absolute atomic E-state index is 0.00807. The maximum atomic E-state index is 14.0. The zero-order valence-electron chi connectivity index (χ0n) is 40.3. The molecule has 3 atom stereocenters. The van der Waals surface area contributed by atoms with Crippen molar-refractivity contribution in [2.45, 2.75) is 94.2 Å². The maximum absolute atomic E-state index is 14.0. The van der Waals surface area contributed by atoms with Gasteiger partial charge in [-0.1, -0.05) is 42.0 Å². The highest BCUT2D eigenvalue weighted by Gasteiger charge is 2.35. The predicted molar refractivity (Wildman–Crippen MR) is 265 cm³/mol. The van der Waals surface area contributed by atoms with Crippen LogP contribution in [0.25, 0.3) is 0 Å². The summed E-state index contributed by atoms with van der Waals surface area (Å²) in [5.74, 6) is 0.129. The third-order valence-electron chi connectivity index (χ3n) is 10.9. The van der Waals surface area contributed by atoms with Gasteiger partial charge in [0.1, 0.15) is 16.8 Å². The summed E-state index contributed by atoms with van der Waals surface area (Å²) in [6.45, 7) is 15.5. The van der Waals surface area contributed by atoms with E-state index in [1.165, 1.54) is 82.1 Å². The van der Waals surface area contributed by atoms with Gasteiger partial charge in [-0.2, -0.15) is 0 Å². The fraction of sp³-hybridized carbons (Fsp3) is 0.479. The molecule has 0 spiro atoms. The molecule has 20 nitrogen and oxygen atoms in total. The average Bonchev–Trinajstić information content (AvgIpc) is 3.90. The number of anilines is 2. The molecule has 0 saturated carbocycles. The van der Waals surface area contributed by atoms with E-state index >= 15 is 0 Å². The Hall–Kier alpha value is -6.23. The number of aliphatic hydroxyl groups excluding tert-OH is 2. The van der Waals surface area contributed by atoms with E-state index in [4.69, 9.17) is 28.4 Å². The van der Waals surface area contributed by atoms with E-state index in [0.717, 1.165) is 11.1 Å². The lowest BCUT2D eigenvalue weighted by Gasteiger charge is -2.25. The smallest absolute Gasteiger partial charge is 0.412 e. The van der Waals surface area contributed by atoms with Crippen molar-refractivity contribution >= 4 is 62.7 Å². The van der Waals surface area contributed by atoms with Crippen LogP contribution in [0.4, 0.5) is 26.7 Å². The SMILES string of the molecule is C=C1C[C@@H](CO)N(C(=O)c2cc(OC)c(OCCCCCOc3cc(NC(=O)OC(C)(C)C)c(C(=O)N4CC(=C)C[C@H]4CO)cc3OC)cc2NC(=O)OCC[C@@H](C)SSc2ccc([N+](=O)[O-])cn2)C1. The molecule has 1 aromatic heterocycles. The Bertz CT molecular complexity index is 2380. The second kappa shape index (κ2) is 25.6. The standard InChI is InChI=1S/C48H62N6O14S2/c1-29-18-33(27-55)52(25-29)44(57)35-20-39(63-7)41(22-37(35)50-46(59)67-17-14-31(3)69-70-43-13-12-32(24-49-43)54(61)62)65-15-10-9-11-16-66-42-23-38(51-47(60)68-48(4,5)6)36(21-40(42)64-8)45(58)53-26-30(2)19-34(53)28-56/h12-13,20-24,31,33-34,55-56H,1-2,9-11,14-19,25-28H2,3-8H3,(H,50,59)(H,51,60)/t31-,33+,34+/m1/s1. The zero-order valence-corrected chi connectivity index (χ0v) is 41.9. The first-order chi connectivity index (χ1) is 33.3. The number of rotatable bonds is 23. The molecule has 0 bridgehead atoms. The van der Waals surface area contributed by atoms with Gasteiger partial charge in [0, 0.05) is 36.5 Å². The molecule has 22 heteroatoms. The molecule has 3 heterocycles. The lowest BCUT2D eigenvalue weighted by atomic mass is 10.1. The van der Waals surface area contributed by atoms with Crippen LogP contribution in [0, 0.1) is 10.1 Å². The molecule has 4 N–H and O–H groups in total. The second-order valence-corrected chi connectivity index (χ2v) is 20.2. The molecule has 70 heavy (non-hydrogen) atoms. The normalized spacial score (nSPS) is 16.1. The fourth-order valence-corrected chi connectivity index (χ4v) is 9.47. The number of carbonyl (C=O) groups excluding carboxylic acids is 4. The van der Waals surface area contributed by atoms with Crippen molar-refractivity contribution < 1.29 is 62.7 Å². The van der Waals surface area contributed by atoms with Gasteiger partial charge in [0.15, 0.2) is 23.0 Å². The molecule has 2 aromatic carbocycles. The van der Waals surface area contributed by atoms with Crippen LogP contribution in [0.2, 0.25) is 0 Å². The number of aromatic nitrogens is 1. The number of amides is 4. The van der Waals surface area contributed by atoms with Gasteiger partial charge in [-0.15, -0.1) is 0 Å². The lowest BCUT2D eigenvalue weighted by Crippen LogP contribution is -2.38. The number of hydrogen-bond acceptors (Lipinski definition) is 17. The van der Waals surface area contributed by atoms with E-state index in [9.17, 15) is 39.5 Å². The van der Waals surface area contributed by atoms with E-state index < -0.39 is 46.6 Å². The molecule has 4 amide bonds. The topological polar surface area (TPSA) is 251 Å². The third kappa shape index (κ3) is 15.4. The number of nitrogens with one attached hydrogen (secondary N) is 2. The fourth-order valence-electron chi connectivity index (χ4n) is 7.42. The molecule has 0 aliphatic carbocycles. The van der Waals surface area contributed by atoms with E-state index in [0.29, 0.717) is 43.6 Å². The number of methoxy groups -OCH3 is 2. The average molecular weight is 1010 g/mol. The summed E-state index contributed by atoms with van der Waals surface area (Å²) in [6, 6.07) is 7.95. The second-order valence-electron chi connectivity index (χ2n) is 17.6. The largest absolute Gasteiger partial charge is 0.493 e. The Morgan fingerprint density at radius 1 is 0.814 bits per heavy atom. The van der Waals surface area contributed by atoms with Gasteiger partial charge in [-0.3, -0.25) is 30.3 Å². The molecule has 5 rings (SSSR count). The summed E-state index contributed by atoms with van der Waals surface area (Å²) < 4.78 is 34.5. The van der Waals surface area contributed by atoms with Crippen molar-refractivity contribution in [1.29, 1.82) is 0 Å². The molecule has 2 fully saturated rings. The first-order valence-electron chi connectivity index (χ1n) is 22.6. The first-order valence-corrected chi connectivity index (χ1v) is 24.8. The van der Waals surface area contributed by atoms with Crippen molar-refractivity contribution in [1.82, 2.24) is 14.8 Å². The van der Waals surface area contributed by atoms with Crippen LogP contribution >= 0.6 is 21.6 Å². The summed E-state index contributed by atoms with van der Waals surface area (Å²) in [7, 11) is 5.68. The Balaban J connectivity index is 1.21. The number of nitro groups is 1. The zero-order chi connectivity index (χ0) is 51.1. The number of ether oxygens (including phenoxy) is 6. The van der Waals surface area contributed by atoms with Crippen LogP contribution in [0.1, 0.15) is 86.9 Å². The molecule has 2 aliphatic heterocycles. The van der Waals surface area contributed by atoms with Crippen molar-refractivity contribution in [3.8, 4) is 23.0 Å². The van der Waals surface area contributed by atoms with Crippen LogP contribution in [0.5, 0.6) is 23.0 Å². The molecule has 0 unspecified atom stereocenters.